The normalized spacial score (nSPS) is 16.1. The third-order valence-corrected chi connectivity index (χ3v) is 3.91. The Morgan fingerprint density at radius 1 is 1.19 bits per heavy atom. The fourth-order valence-electron chi connectivity index (χ4n) is 2.57. The Hall–Kier alpha value is -3.30. The van der Waals surface area contributed by atoms with Crippen LogP contribution in [0.4, 0.5) is 14.5 Å². The highest BCUT2D eigenvalue weighted by Crippen LogP contribution is 2.17. The summed E-state index contributed by atoms with van der Waals surface area (Å²) in [6.07, 6.45) is 1.94. The molecule has 0 radical (unpaired) electrons. The van der Waals surface area contributed by atoms with Crippen LogP contribution in [0.15, 0.2) is 24.4 Å². The van der Waals surface area contributed by atoms with E-state index in [9.17, 15) is 23.2 Å². The minimum Gasteiger partial charge on any atom is -0.354 e. The second-order valence-corrected chi connectivity index (χ2v) is 5.72. The average Bonchev–Trinajstić information content (AvgIpc) is 3.05. The summed E-state index contributed by atoms with van der Waals surface area (Å²) in [4.78, 5) is 35.6. The highest BCUT2D eigenvalue weighted by atomic mass is 19.1. The van der Waals surface area contributed by atoms with Gasteiger partial charge in [0.25, 0.3) is 11.8 Å². The summed E-state index contributed by atoms with van der Waals surface area (Å²) in [5.74, 6) is -3.73. The van der Waals surface area contributed by atoms with Crippen LogP contribution in [-0.2, 0) is 4.79 Å². The number of hydrogen-bond acceptors (Lipinski definition) is 4. The Morgan fingerprint density at radius 2 is 1.89 bits per heavy atom. The average molecular weight is 379 g/mol. The lowest BCUT2D eigenvalue weighted by atomic mass is 10.1. The zero-order valence-electron chi connectivity index (χ0n) is 13.4. The van der Waals surface area contributed by atoms with Crippen LogP contribution in [0.2, 0.25) is 0 Å². The summed E-state index contributed by atoms with van der Waals surface area (Å²) in [5, 5.41) is 13.7. The molecule has 3 amide bonds. The van der Waals surface area contributed by atoms with Crippen molar-refractivity contribution in [2.24, 2.45) is 0 Å². The molecule has 1 aliphatic heterocycles. The number of halogens is 2. The van der Waals surface area contributed by atoms with Crippen LogP contribution in [0, 0.1) is 11.6 Å². The minimum absolute atomic E-state index is 0. The molecule has 1 fully saturated rings. The molecular formula is C17H19F2N5O3. The zero-order valence-corrected chi connectivity index (χ0v) is 13.4. The van der Waals surface area contributed by atoms with Crippen LogP contribution in [-0.4, -0.2) is 40.5 Å². The van der Waals surface area contributed by atoms with Gasteiger partial charge in [-0.3, -0.25) is 19.5 Å². The van der Waals surface area contributed by atoms with E-state index in [1.807, 2.05) is 0 Å². The van der Waals surface area contributed by atoms with Crippen molar-refractivity contribution >= 4 is 23.4 Å². The summed E-state index contributed by atoms with van der Waals surface area (Å²) in [6.45, 7) is 0.293. The van der Waals surface area contributed by atoms with Gasteiger partial charge in [-0.25, -0.2) is 8.78 Å². The molecule has 27 heavy (non-hydrogen) atoms. The maximum atomic E-state index is 13.7. The highest BCUT2D eigenvalue weighted by Gasteiger charge is 2.24. The first-order chi connectivity index (χ1) is 12.5. The van der Waals surface area contributed by atoms with Gasteiger partial charge in [-0.2, -0.15) is 5.10 Å². The lowest BCUT2D eigenvalue weighted by molar-refractivity contribution is -0.122. The van der Waals surface area contributed by atoms with Gasteiger partial charge in [0.15, 0.2) is 0 Å². The molecule has 0 aliphatic carbocycles. The van der Waals surface area contributed by atoms with Gasteiger partial charge in [-0.1, -0.05) is 13.5 Å². The molecule has 1 aliphatic rings. The van der Waals surface area contributed by atoms with E-state index in [0.717, 1.165) is 24.4 Å². The van der Waals surface area contributed by atoms with Crippen LogP contribution in [0.1, 0.15) is 41.1 Å². The second kappa shape index (κ2) is 8.39. The monoisotopic (exact) mass is 379 g/mol. The van der Waals surface area contributed by atoms with E-state index in [2.05, 4.69) is 26.1 Å². The topological polar surface area (TPSA) is 116 Å². The number of carbonyl (C=O) groups excluding carboxylic acids is 3. The first kappa shape index (κ1) is 20.0. The van der Waals surface area contributed by atoms with Crippen LogP contribution in [0.3, 0.4) is 0 Å². The highest BCUT2D eigenvalue weighted by molar-refractivity contribution is 6.08. The molecule has 144 valence electrons. The number of amides is 3. The summed E-state index contributed by atoms with van der Waals surface area (Å²) in [6, 6.07) is 2.79. The fraction of sp³-hybridized carbons (Fsp3) is 0.294. The smallest absolute Gasteiger partial charge is 0.271 e. The van der Waals surface area contributed by atoms with E-state index >= 15 is 0 Å². The van der Waals surface area contributed by atoms with Gasteiger partial charge >= 0.3 is 0 Å². The van der Waals surface area contributed by atoms with Crippen molar-refractivity contribution in [3.63, 3.8) is 0 Å². The molecule has 0 bridgehead atoms. The number of nitrogens with one attached hydrogen (secondary N) is 4. The SMILES string of the molecule is C.O=C1CC[C@H](NC(=O)c2[nH]ncc2NC(=O)c2c(F)cccc2F)CN1. The van der Waals surface area contributed by atoms with E-state index in [0.29, 0.717) is 19.4 Å². The molecule has 0 saturated carbocycles. The molecule has 0 unspecified atom stereocenters. The van der Waals surface area contributed by atoms with Crippen LogP contribution in [0.5, 0.6) is 0 Å². The predicted octanol–water partition coefficient (Wildman–Crippen LogP) is 1.58. The lowest BCUT2D eigenvalue weighted by Crippen LogP contribution is -2.47. The number of carbonyl (C=O) groups is 3. The number of anilines is 1. The molecule has 10 heteroatoms. The van der Waals surface area contributed by atoms with Gasteiger partial charge in [0, 0.05) is 19.0 Å². The van der Waals surface area contributed by atoms with Crippen molar-refractivity contribution in [3.8, 4) is 0 Å². The van der Waals surface area contributed by atoms with Crippen LogP contribution >= 0.6 is 0 Å². The zero-order chi connectivity index (χ0) is 18.7. The van der Waals surface area contributed by atoms with Crippen molar-refractivity contribution in [3.05, 3.63) is 47.3 Å². The first-order valence-corrected chi connectivity index (χ1v) is 7.82. The van der Waals surface area contributed by atoms with E-state index in [1.54, 1.807) is 0 Å². The maximum absolute atomic E-state index is 13.7. The second-order valence-electron chi connectivity index (χ2n) is 5.72. The molecule has 8 nitrogen and oxygen atoms in total. The molecule has 2 heterocycles. The Bertz CT molecular complexity index is 838. The molecule has 4 N–H and O–H groups in total. The van der Waals surface area contributed by atoms with Crippen molar-refractivity contribution in [1.82, 2.24) is 20.8 Å². The standard InChI is InChI=1S/C16H15F2N5O3.CH4/c17-9-2-1-3-10(18)13(9)15(25)22-11-7-20-23-14(11)16(26)21-8-4-5-12(24)19-6-8;/h1-3,7-8H,4-6H2,(H,19,24)(H,20,23)(H,21,26)(H,22,25);1H4/t8-;/m0./s1. The van der Waals surface area contributed by atoms with Gasteiger partial charge in [0.2, 0.25) is 5.91 Å². The molecule has 1 atom stereocenters. The molecule has 0 spiro atoms. The third kappa shape index (κ3) is 4.46. The van der Waals surface area contributed by atoms with Crippen molar-refractivity contribution in [2.45, 2.75) is 26.3 Å². The number of H-pyrrole nitrogens is 1. The fourth-order valence-corrected chi connectivity index (χ4v) is 2.57. The Kier molecular flexibility index (Phi) is 6.22. The van der Waals surface area contributed by atoms with E-state index in [4.69, 9.17) is 0 Å². The summed E-state index contributed by atoms with van der Waals surface area (Å²) in [7, 11) is 0. The van der Waals surface area contributed by atoms with Gasteiger partial charge in [0.05, 0.1) is 11.9 Å². The van der Waals surface area contributed by atoms with Crippen molar-refractivity contribution in [1.29, 1.82) is 0 Å². The van der Waals surface area contributed by atoms with Gasteiger partial charge in [0.1, 0.15) is 22.9 Å². The molecule has 1 aromatic heterocycles. The number of benzene rings is 1. The largest absolute Gasteiger partial charge is 0.354 e. The van der Waals surface area contributed by atoms with Crippen molar-refractivity contribution in [2.75, 3.05) is 11.9 Å². The Morgan fingerprint density at radius 3 is 2.52 bits per heavy atom. The molecule has 1 aromatic carbocycles. The third-order valence-electron chi connectivity index (χ3n) is 3.91. The number of rotatable bonds is 4. The molecule has 3 rings (SSSR count). The number of piperidine rings is 1. The van der Waals surface area contributed by atoms with Crippen LogP contribution in [0.25, 0.3) is 0 Å². The lowest BCUT2D eigenvalue weighted by Gasteiger charge is -2.23. The summed E-state index contributed by atoms with van der Waals surface area (Å²) >= 11 is 0. The van der Waals surface area contributed by atoms with Gasteiger partial charge in [-0.05, 0) is 18.6 Å². The Balaban J connectivity index is 0.00000261. The quantitative estimate of drug-likeness (QED) is 0.645. The minimum atomic E-state index is -1.04. The van der Waals surface area contributed by atoms with Crippen LogP contribution < -0.4 is 16.0 Å². The van der Waals surface area contributed by atoms with E-state index in [-0.39, 0.29) is 30.8 Å². The van der Waals surface area contributed by atoms with Gasteiger partial charge in [-0.15, -0.1) is 0 Å². The molecule has 2 aromatic rings. The van der Waals surface area contributed by atoms with E-state index < -0.39 is 29.0 Å². The predicted molar refractivity (Wildman–Crippen MR) is 93.1 cm³/mol. The first-order valence-electron chi connectivity index (χ1n) is 7.82. The Labute approximate surface area is 153 Å². The number of aromatic nitrogens is 2. The number of hydrogen-bond donors (Lipinski definition) is 4. The maximum Gasteiger partial charge on any atom is 0.271 e. The summed E-state index contributed by atoms with van der Waals surface area (Å²) < 4.78 is 27.4. The summed E-state index contributed by atoms with van der Waals surface area (Å²) in [5.41, 5.74) is -0.836. The number of aromatic amines is 1. The number of nitrogens with zero attached hydrogens (tertiary/aromatic N) is 1. The van der Waals surface area contributed by atoms with Crippen molar-refractivity contribution < 1.29 is 23.2 Å². The van der Waals surface area contributed by atoms with Gasteiger partial charge < -0.3 is 16.0 Å². The van der Waals surface area contributed by atoms with E-state index in [1.165, 1.54) is 0 Å². The molecule has 1 saturated heterocycles. The molecular weight excluding hydrogens is 360 g/mol.